The van der Waals surface area contributed by atoms with Crippen LogP contribution in [0.2, 0.25) is 0 Å². The van der Waals surface area contributed by atoms with E-state index in [0.29, 0.717) is 12.1 Å². The molecule has 0 fully saturated rings. The van der Waals surface area contributed by atoms with E-state index in [1.165, 1.54) is 6.26 Å². The first kappa shape index (κ1) is 14.5. The normalized spacial score (nSPS) is 10.1. The van der Waals surface area contributed by atoms with E-state index in [4.69, 9.17) is 4.42 Å². The van der Waals surface area contributed by atoms with Crippen LogP contribution in [0.25, 0.3) is 11.0 Å². The highest BCUT2D eigenvalue weighted by Crippen LogP contribution is 2.20. The summed E-state index contributed by atoms with van der Waals surface area (Å²) in [6.07, 6.45) is 2.43. The minimum atomic E-state index is -0.0777. The van der Waals surface area contributed by atoms with Crippen molar-refractivity contribution in [2.24, 2.45) is 0 Å². The van der Waals surface area contributed by atoms with E-state index in [-0.39, 0.29) is 18.3 Å². The van der Waals surface area contributed by atoms with Crippen LogP contribution in [0.15, 0.2) is 34.9 Å². The van der Waals surface area contributed by atoms with Gasteiger partial charge in [-0.05, 0) is 26.1 Å². The Labute approximate surface area is 112 Å². The average Bonchev–Trinajstić information content (AvgIpc) is 2.78. The fraction of sp³-hybridized carbons (Fsp3) is 0.308. The van der Waals surface area contributed by atoms with Crippen LogP contribution in [0.1, 0.15) is 16.8 Å². The van der Waals surface area contributed by atoms with Crippen LogP contribution >= 0.6 is 12.4 Å². The number of para-hydroxylation sites is 1. The van der Waals surface area contributed by atoms with Gasteiger partial charge in [0, 0.05) is 11.9 Å². The summed E-state index contributed by atoms with van der Waals surface area (Å²) in [7, 11) is 1.89. The van der Waals surface area contributed by atoms with Crippen LogP contribution in [0.3, 0.4) is 0 Å². The molecule has 1 amide bonds. The molecule has 4 nitrogen and oxygen atoms in total. The first-order chi connectivity index (χ1) is 8.33. The predicted molar refractivity (Wildman–Crippen MR) is 74.3 cm³/mol. The second kappa shape index (κ2) is 7.03. The Morgan fingerprint density at radius 1 is 1.28 bits per heavy atom. The van der Waals surface area contributed by atoms with Gasteiger partial charge >= 0.3 is 0 Å². The molecule has 5 heteroatoms. The lowest BCUT2D eigenvalue weighted by Gasteiger charge is -2.03. The molecular formula is C13H17ClN2O2. The van der Waals surface area contributed by atoms with Gasteiger partial charge in [-0.1, -0.05) is 18.2 Å². The van der Waals surface area contributed by atoms with Gasteiger partial charge in [0.2, 0.25) is 0 Å². The maximum absolute atomic E-state index is 11.9. The Morgan fingerprint density at radius 3 is 2.83 bits per heavy atom. The number of nitrogens with one attached hydrogen (secondary N) is 2. The number of furan rings is 1. The molecule has 18 heavy (non-hydrogen) atoms. The molecule has 0 saturated carbocycles. The molecule has 0 spiro atoms. The Kier molecular flexibility index (Phi) is 5.68. The Morgan fingerprint density at radius 2 is 2.06 bits per heavy atom. The van der Waals surface area contributed by atoms with E-state index in [2.05, 4.69) is 10.6 Å². The second-order valence-corrected chi connectivity index (χ2v) is 3.86. The molecule has 0 saturated heterocycles. The number of rotatable bonds is 5. The fourth-order valence-corrected chi connectivity index (χ4v) is 1.72. The number of carbonyl (C=O) groups is 1. The SMILES string of the molecule is CNCCCNC(=O)c1coc2ccccc12.Cl. The van der Waals surface area contributed by atoms with E-state index < -0.39 is 0 Å². The summed E-state index contributed by atoms with van der Waals surface area (Å²) in [6, 6.07) is 7.53. The monoisotopic (exact) mass is 268 g/mol. The molecular weight excluding hydrogens is 252 g/mol. The van der Waals surface area contributed by atoms with Crippen molar-refractivity contribution in [3.05, 3.63) is 36.1 Å². The molecule has 0 aliphatic heterocycles. The lowest BCUT2D eigenvalue weighted by Crippen LogP contribution is -2.26. The average molecular weight is 269 g/mol. The zero-order valence-corrected chi connectivity index (χ0v) is 11.0. The van der Waals surface area contributed by atoms with Gasteiger partial charge in [-0.15, -0.1) is 12.4 Å². The molecule has 0 radical (unpaired) electrons. The summed E-state index contributed by atoms with van der Waals surface area (Å²) in [6.45, 7) is 1.56. The summed E-state index contributed by atoms with van der Waals surface area (Å²) in [5.41, 5.74) is 1.35. The molecule has 2 aromatic rings. The number of halogens is 1. The van der Waals surface area contributed by atoms with E-state index in [1.54, 1.807) is 0 Å². The third-order valence-corrected chi connectivity index (χ3v) is 2.61. The maximum atomic E-state index is 11.9. The third kappa shape index (κ3) is 3.24. The van der Waals surface area contributed by atoms with Gasteiger partial charge < -0.3 is 15.1 Å². The van der Waals surface area contributed by atoms with Crippen LogP contribution in [0.4, 0.5) is 0 Å². The quantitative estimate of drug-likeness (QED) is 0.818. The number of hydrogen-bond donors (Lipinski definition) is 2. The summed E-state index contributed by atoms with van der Waals surface area (Å²) >= 11 is 0. The van der Waals surface area contributed by atoms with Crippen LogP contribution in [0.5, 0.6) is 0 Å². The summed E-state index contributed by atoms with van der Waals surface area (Å²) < 4.78 is 5.32. The van der Waals surface area contributed by atoms with Crippen molar-refractivity contribution < 1.29 is 9.21 Å². The number of carbonyl (C=O) groups excluding carboxylic acids is 1. The van der Waals surface area contributed by atoms with Gasteiger partial charge in [0.05, 0.1) is 5.56 Å². The first-order valence-electron chi connectivity index (χ1n) is 5.72. The maximum Gasteiger partial charge on any atom is 0.255 e. The number of hydrogen-bond acceptors (Lipinski definition) is 3. The van der Waals surface area contributed by atoms with E-state index in [1.807, 2.05) is 31.3 Å². The minimum Gasteiger partial charge on any atom is -0.463 e. The highest BCUT2D eigenvalue weighted by atomic mass is 35.5. The zero-order chi connectivity index (χ0) is 12.1. The molecule has 0 aliphatic carbocycles. The van der Waals surface area contributed by atoms with Gasteiger partial charge in [0.25, 0.3) is 5.91 Å². The van der Waals surface area contributed by atoms with E-state index >= 15 is 0 Å². The van der Waals surface area contributed by atoms with Crippen LogP contribution < -0.4 is 10.6 Å². The largest absolute Gasteiger partial charge is 0.463 e. The van der Waals surface area contributed by atoms with Crippen LogP contribution in [-0.2, 0) is 0 Å². The van der Waals surface area contributed by atoms with E-state index in [9.17, 15) is 4.79 Å². The van der Waals surface area contributed by atoms with Gasteiger partial charge in [-0.3, -0.25) is 4.79 Å². The summed E-state index contributed by atoms with van der Waals surface area (Å²) in [5, 5.41) is 6.77. The standard InChI is InChI=1S/C13H16N2O2.ClH/c1-14-7-4-8-15-13(16)11-9-17-12-6-3-2-5-10(11)12;/h2-3,5-6,9,14H,4,7-8H2,1H3,(H,15,16);1H. The molecule has 1 heterocycles. The van der Waals surface area contributed by atoms with Crippen molar-refractivity contribution in [1.82, 2.24) is 10.6 Å². The van der Waals surface area contributed by atoms with Gasteiger partial charge in [0.15, 0.2) is 0 Å². The topological polar surface area (TPSA) is 54.3 Å². The smallest absolute Gasteiger partial charge is 0.255 e. The highest BCUT2D eigenvalue weighted by molar-refractivity contribution is 6.05. The molecule has 0 aliphatic rings. The van der Waals surface area contributed by atoms with Crippen molar-refractivity contribution in [2.75, 3.05) is 20.1 Å². The molecule has 0 atom stereocenters. The highest BCUT2D eigenvalue weighted by Gasteiger charge is 2.12. The summed E-state index contributed by atoms with van der Waals surface area (Å²) in [5.74, 6) is -0.0777. The van der Waals surface area contributed by atoms with E-state index in [0.717, 1.165) is 23.9 Å². The lowest BCUT2D eigenvalue weighted by molar-refractivity contribution is 0.0954. The fourth-order valence-electron chi connectivity index (χ4n) is 1.72. The molecule has 1 aromatic carbocycles. The Balaban J connectivity index is 0.00000162. The lowest BCUT2D eigenvalue weighted by atomic mass is 10.1. The van der Waals surface area contributed by atoms with Crippen molar-refractivity contribution in [3.8, 4) is 0 Å². The summed E-state index contributed by atoms with van der Waals surface area (Å²) in [4.78, 5) is 11.9. The molecule has 98 valence electrons. The molecule has 0 bridgehead atoms. The first-order valence-corrected chi connectivity index (χ1v) is 5.72. The van der Waals surface area contributed by atoms with Crippen molar-refractivity contribution >= 4 is 29.3 Å². The number of benzene rings is 1. The Bertz CT molecular complexity index is 510. The van der Waals surface area contributed by atoms with Crippen molar-refractivity contribution in [2.45, 2.75) is 6.42 Å². The molecule has 2 N–H and O–H groups in total. The zero-order valence-electron chi connectivity index (χ0n) is 10.2. The van der Waals surface area contributed by atoms with Crippen molar-refractivity contribution in [3.63, 3.8) is 0 Å². The predicted octanol–water partition coefficient (Wildman–Crippen LogP) is 2.19. The number of amides is 1. The molecule has 1 aromatic heterocycles. The molecule has 0 unspecified atom stereocenters. The van der Waals surface area contributed by atoms with Gasteiger partial charge in [0.1, 0.15) is 11.8 Å². The van der Waals surface area contributed by atoms with Crippen molar-refractivity contribution in [1.29, 1.82) is 0 Å². The number of fused-ring (bicyclic) bond motifs is 1. The van der Waals surface area contributed by atoms with Crippen LogP contribution in [0, 0.1) is 0 Å². The third-order valence-electron chi connectivity index (χ3n) is 2.61. The second-order valence-electron chi connectivity index (χ2n) is 3.86. The van der Waals surface area contributed by atoms with Crippen LogP contribution in [-0.4, -0.2) is 26.0 Å². The Hall–Kier alpha value is -1.52. The van der Waals surface area contributed by atoms with Gasteiger partial charge in [-0.2, -0.15) is 0 Å². The van der Waals surface area contributed by atoms with Gasteiger partial charge in [-0.25, -0.2) is 0 Å². The minimum absolute atomic E-state index is 0. The molecule has 2 rings (SSSR count).